The van der Waals surface area contributed by atoms with E-state index in [0.29, 0.717) is 6.54 Å². The number of nitrogens with zero attached hydrogens (tertiary/aromatic N) is 3. The Hall–Kier alpha value is -1.89. The molecule has 1 aromatic heterocycles. The van der Waals surface area contributed by atoms with E-state index in [4.69, 9.17) is 0 Å². The first kappa shape index (κ1) is 14.5. The van der Waals surface area contributed by atoms with Gasteiger partial charge in [0.1, 0.15) is 25.0 Å². The van der Waals surface area contributed by atoms with Crippen LogP contribution in [0.2, 0.25) is 0 Å². The lowest BCUT2D eigenvalue weighted by atomic mass is 10.4. The van der Waals surface area contributed by atoms with Crippen molar-refractivity contribution >= 4 is 17.7 Å². The zero-order valence-corrected chi connectivity index (χ0v) is 11.6. The largest absolute Gasteiger partial charge is 0.354 e. The van der Waals surface area contributed by atoms with Gasteiger partial charge < -0.3 is 5.32 Å². The van der Waals surface area contributed by atoms with Crippen molar-refractivity contribution in [1.29, 1.82) is 0 Å². The third kappa shape index (κ3) is 5.00. The van der Waals surface area contributed by atoms with Gasteiger partial charge in [0.2, 0.25) is 5.91 Å². The second-order valence-electron chi connectivity index (χ2n) is 4.10. The molecule has 0 atom stereocenters. The first-order valence-corrected chi connectivity index (χ1v) is 7.20. The lowest BCUT2D eigenvalue weighted by Gasteiger charge is -2.05. The summed E-state index contributed by atoms with van der Waals surface area (Å²) in [7, 11) is 0. The summed E-state index contributed by atoms with van der Waals surface area (Å²) < 4.78 is 14.2. The number of rotatable bonds is 7. The van der Waals surface area contributed by atoms with E-state index >= 15 is 0 Å². The molecule has 0 radical (unpaired) electrons. The monoisotopic (exact) mass is 294 g/mol. The van der Waals surface area contributed by atoms with Crippen LogP contribution in [0.3, 0.4) is 0 Å². The van der Waals surface area contributed by atoms with Crippen molar-refractivity contribution in [2.45, 2.75) is 17.9 Å². The predicted molar refractivity (Wildman–Crippen MR) is 74.8 cm³/mol. The third-order valence-electron chi connectivity index (χ3n) is 2.50. The van der Waals surface area contributed by atoms with E-state index in [9.17, 15) is 9.18 Å². The Morgan fingerprint density at radius 2 is 2.15 bits per heavy atom. The van der Waals surface area contributed by atoms with Crippen LogP contribution in [0.15, 0.2) is 41.8 Å². The molecular weight excluding hydrogens is 279 g/mol. The van der Waals surface area contributed by atoms with Crippen molar-refractivity contribution in [1.82, 2.24) is 20.1 Å². The minimum absolute atomic E-state index is 0.0812. The van der Waals surface area contributed by atoms with E-state index in [1.807, 2.05) is 0 Å². The Labute approximate surface area is 120 Å². The van der Waals surface area contributed by atoms with Crippen LogP contribution in [0.4, 0.5) is 4.39 Å². The average Bonchev–Trinajstić information content (AvgIpc) is 2.93. The van der Waals surface area contributed by atoms with Gasteiger partial charge >= 0.3 is 0 Å². The normalized spacial score (nSPS) is 10.4. The van der Waals surface area contributed by atoms with Gasteiger partial charge in [-0.3, -0.25) is 4.79 Å². The van der Waals surface area contributed by atoms with Crippen molar-refractivity contribution in [2.24, 2.45) is 0 Å². The van der Waals surface area contributed by atoms with E-state index in [1.54, 1.807) is 23.9 Å². The fourth-order valence-corrected chi connectivity index (χ4v) is 2.39. The van der Waals surface area contributed by atoms with E-state index in [2.05, 4.69) is 15.4 Å². The molecule has 0 saturated carbocycles. The number of carbonyl (C=O) groups is 1. The highest BCUT2D eigenvalue weighted by atomic mass is 32.2. The van der Waals surface area contributed by atoms with Crippen molar-refractivity contribution in [3.63, 3.8) is 0 Å². The molecule has 7 heteroatoms. The van der Waals surface area contributed by atoms with Crippen molar-refractivity contribution < 1.29 is 9.18 Å². The van der Waals surface area contributed by atoms with Gasteiger partial charge in [-0.05, 0) is 36.4 Å². The van der Waals surface area contributed by atoms with Crippen molar-refractivity contribution in [3.05, 3.63) is 42.7 Å². The summed E-state index contributed by atoms with van der Waals surface area (Å²) in [5.74, 6) is 0.562. The van der Waals surface area contributed by atoms with Crippen LogP contribution in [-0.2, 0) is 11.3 Å². The van der Waals surface area contributed by atoms with Gasteiger partial charge in [-0.1, -0.05) is 0 Å². The summed E-state index contributed by atoms with van der Waals surface area (Å²) in [6.07, 6.45) is 3.75. The van der Waals surface area contributed by atoms with Crippen molar-refractivity contribution in [3.8, 4) is 0 Å². The fraction of sp³-hybridized carbons (Fsp3) is 0.308. The van der Waals surface area contributed by atoms with Crippen LogP contribution in [0.25, 0.3) is 0 Å². The lowest BCUT2D eigenvalue weighted by Crippen LogP contribution is -2.28. The molecule has 0 bridgehead atoms. The van der Waals surface area contributed by atoms with Gasteiger partial charge in [-0.2, -0.15) is 5.10 Å². The second-order valence-corrected chi connectivity index (χ2v) is 5.27. The minimum Gasteiger partial charge on any atom is -0.354 e. The fourth-order valence-electron chi connectivity index (χ4n) is 1.54. The maximum absolute atomic E-state index is 12.7. The smallest absolute Gasteiger partial charge is 0.241 e. The van der Waals surface area contributed by atoms with Gasteiger partial charge in [-0.25, -0.2) is 14.1 Å². The standard InChI is InChI=1S/C13H15FN4OS/c14-11-2-4-12(5-3-11)20-7-1-6-16-13(19)8-18-10-15-9-17-18/h2-5,9-10H,1,6-8H2,(H,16,19). The predicted octanol–water partition coefficient (Wildman–Crippen LogP) is 1.72. The number of aromatic nitrogens is 3. The van der Waals surface area contributed by atoms with Crippen LogP contribution in [0.1, 0.15) is 6.42 Å². The molecule has 1 heterocycles. The number of hydrogen-bond donors (Lipinski definition) is 1. The van der Waals surface area contributed by atoms with E-state index in [-0.39, 0.29) is 18.3 Å². The zero-order valence-electron chi connectivity index (χ0n) is 10.8. The van der Waals surface area contributed by atoms with Crippen LogP contribution in [-0.4, -0.2) is 33.0 Å². The summed E-state index contributed by atoms with van der Waals surface area (Å²) in [6, 6.07) is 6.40. The summed E-state index contributed by atoms with van der Waals surface area (Å²) in [5, 5.41) is 6.67. The number of halogens is 1. The van der Waals surface area contributed by atoms with Gasteiger partial charge in [0.15, 0.2) is 0 Å². The third-order valence-corrected chi connectivity index (χ3v) is 3.60. The summed E-state index contributed by atoms with van der Waals surface area (Å²) in [5.41, 5.74) is 0. The molecule has 1 aromatic carbocycles. The summed E-state index contributed by atoms with van der Waals surface area (Å²) >= 11 is 1.64. The average molecular weight is 294 g/mol. The Morgan fingerprint density at radius 1 is 1.35 bits per heavy atom. The van der Waals surface area contributed by atoms with E-state index in [0.717, 1.165) is 17.1 Å². The molecule has 0 aliphatic rings. The maximum atomic E-state index is 12.7. The number of amides is 1. The molecule has 0 aliphatic heterocycles. The highest BCUT2D eigenvalue weighted by molar-refractivity contribution is 7.99. The topological polar surface area (TPSA) is 59.8 Å². The molecule has 2 rings (SSSR count). The highest BCUT2D eigenvalue weighted by Crippen LogP contribution is 2.18. The first-order valence-electron chi connectivity index (χ1n) is 6.21. The van der Waals surface area contributed by atoms with Gasteiger partial charge in [0.05, 0.1) is 0 Å². The van der Waals surface area contributed by atoms with Gasteiger partial charge in [0.25, 0.3) is 0 Å². The molecule has 0 saturated heterocycles. The molecule has 1 N–H and O–H groups in total. The zero-order chi connectivity index (χ0) is 14.2. The number of carbonyl (C=O) groups excluding carboxylic acids is 1. The minimum atomic E-state index is -0.227. The molecule has 2 aromatic rings. The van der Waals surface area contributed by atoms with E-state index in [1.165, 1.54) is 29.5 Å². The van der Waals surface area contributed by atoms with E-state index < -0.39 is 0 Å². The summed E-state index contributed by atoms with van der Waals surface area (Å²) in [4.78, 5) is 16.3. The Morgan fingerprint density at radius 3 is 2.85 bits per heavy atom. The maximum Gasteiger partial charge on any atom is 0.241 e. The van der Waals surface area contributed by atoms with Crippen LogP contribution in [0, 0.1) is 5.82 Å². The summed E-state index contributed by atoms with van der Waals surface area (Å²) in [6.45, 7) is 0.798. The number of nitrogens with one attached hydrogen (secondary N) is 1. The molecule has 20 heavy (non-hydrogen) atoms. The lowest BCUT2D eigenvalue weighted by molar-refractivity contribution is -0.121. The second kappa shape index (κ2) is 7.64. The molecular formula is C13H15FN4OS. The quantitative estimate of drug-likeness (QED) is 0.624. The highest BCUT2D eigenvalue weighted by Gasteiger charge is 2.02. The molecule has 0 spiro atoms. The van der Waals surface area contributed by atoms with Crippen LogP contribution in [0.5, 0.6) is 0 Å². The number of thioether (sulfide) groups is 1. The molecule has 5 nitrogen and oxygen atoms in total. The van der Waals surface area contributed by atoms with Crippen LogP contribution < -0.4 is 5.32 Å². The molecule has 0 unspecified atom stereocenters. The molecule has 106 valence electrons. The number of benzene rings is 1. The van der Waals surface area contributed by atoms with Gasteiger partial charge in [0, 0.05) is 11.4 Å². The van der Waals surface area contributed by atoms with Gasteiger partial charge in [-0.15, -0.1) is 11.8 Å². The Bertz CT molecular complexity index is 530. The SMILES string of the molecule is O=C(Cn1cncn1)NCCCSc1ccc(F)cc1. The van der Waals surface area contributed by atoms with Crippen LogP contribution >= 0.6 is 11.8 Å². The van der Waals surface area contributed by atoms with Crippen molar-refractivity contribution in [2.75, 3.05) is 12.3 Å². The molecule has 1 amide bonds. The Kier molecular flexibility index (Phi) is 5.55. The Balaban J connectivity index is 1.57. The first-order chi connectivity index (χ1) is 9.74. The molecule has 0 aliphatic carbocycles. The number of hydrogen-bond acceptors (Lipinski definition) is 4. The molecule has 0 fully saturated rings.